The van der Waals surface area contributed by atoms with Crippen molar-refractivity contribution in [3.05, 3.63) is 0 Å². The fourth-order valence-corrected chi connectivity index (χ4v) is 1.20. The summed E-state index contributed by atoms with van der Waals surface area (Å²) in [7, 11) is 1.21. The standard InChI is InChI=1S/C12H21NO5/c1-6-8(9(14)7-10(15)17-5)13-11(16)18-12(2,3)4/h8H,6-7H2,1-5H3,(H,13,16)/t8-/m0/s1. The normalized spacial score (nSPS) is 12.5. The first-order chi connectivity index (χ1) is 8.19. The quantitative estimate of drug-likeness (QED) is 0.596. The lowest BCUT2D eigenvalue weighted by Gasteiger charge is -2.22. The van der Waals surface area contributed by atoms with Crippen LogP contribution in [0.5, 0.6) is 0 Å². The largest absolute Gasteiger partial charge is 0.469 e. The lowest BCUT2D eigenvalue weighted by Crippen LogP contribution is -2.43. The first-order valence-electron chi connectivity index (χ1n) is 5.78. The summed E-state index contributed by atoms with van der Waals surface area (Å²) in [4.78, 5) is 34.1. The van der Waals surface area contributed by atoms with Crippen molar-refractivity contribution in [1.82, 2.24) is 5.32 Å². The van der Waals surface area contributed by atoms with E-state index in [1.165, 1.54) is 7.11 Å². The molecule has 0 radical (unpaired) electrons. The molecule has 0 aliphatic carbocycles. The number of ketones is 1. The fourth-order valence-electron chi connectivity index (χ4n) is 1.20. The van der Waals surface area contributed by atoms with E-state index in [-0.39, 0.29) is 6.42 Å². The third-order valence-corrected chi connectivity index (χ3v) is 2.03. The molecule has 6 nitrogen and oxygen atoms in total. The summed E-state index contributed by atoms with van der Waals surface area (Å²) >= 11 is 0. The first-order valence-corrected chi connectivity index (χ1v) is 5.78. The monoisotopic (exact) mass is 259 g/mol. The van der Waals surface area contributed by atoms with Crippen LogP contribution >= 0.6 is 0 Å². The highest BCUT2D eigenvalue weighted by Gasteiger charge is 2.24. The molecule has 104 valence electrons. The van der Waals surface area contributed by atoms with Crippen LogP contribution in [0.4, 0.5) is 4.79 Å². The van der Waals surface area contributed by atoms with Gasteiger partial charge in [0, 0.05) is 0 Å². The van der Waals surface area contributed by atoms with Crippen LogP contribution in [0.1, 0.15) is 40.5 Å². The highest BCUT2D eigenvalue weighted by atomic mass is 16.6. The van der Waals surface area contributed by atoms with Gasteiger partial charge in [-0.3, -0.25) is 9.59 Å². The van der Waals surface area contributed by atoms with E-state index in [2.05, 4.69) is 10.1 Å². The minimum atomic E-state index is -0.737. The Labute approximate surface area is 107 Å². The van der Waals surface area contributed by atoms with E-state index in [1.807, 2.05) is 0 Å². The van der Waals surface area contributed by atoms with Crippen molar-refractivity contribution in [2.75, 3.05) is 7.11 Å². The van der Waals surface area contributed by atoms with Crippen LogP contribution in [0, 0.1) is 0 Å². The van der Waals surface area contributed by atoms with Crippen molar-refractivity contribution < 1.29 is 23.9 Å². The summed E-state index contributed by atoms with van der Waals surface area (Å²) in [6, 6.07) is -0.737. The number of carbonyl (C=O) groups excluding carboxylic acids is 3. The molecule has 0 saturated heterocycles. The van der Waals surface area contributed by atoms with Gasteiger partial charge in [0.2, 0.25) is 0 Å². The number of amides is 1. The number of carbonyl (C=O) groups is 3. The molecule has 0 aliphatic rings. The number of methoxy groups -OCH3 is 1. The summed E-state index contributed by atoms with van der Waals surface area (Å²) in [5.41, 5.74) is -0.631. The second-order valence-electron chi connectivity index (χ2n) is 4.83. The van der Waals surface area contributed by atoms with Gasteiger partial charge in [0.05, 0.1) is 13.2 Å². The molecule has 0 aliphatic heterocycles. The van der Waals surface area contributed by atoms with Crippen LogP contribution in [-0.4, -0.2) is 36.6 Å². The van der Waals surface area contributed by atoms with Crippen LogP contribution in [0.2, 0.25) is 0 Å². The van der Waals surface area contributed by atoms with E-state index < -0.39 is 29.5 Å². The molecule has 1 atom stereocenters. The minimum absolute atomic E-state index is 0.356. The minimum Gasteiger partial charge on any atom is -0.469 e. The fraction of sp³-hybridized carbons (Fsp3) is 0.750. The van der Waals surface area contributed by atoms with Gasteiger partial charge in [-0.2, -0.15) is 0 Å². The van der Waals surface area contributed by atoms with Crippen molar-refractivity contribution in [2.45, 2.75) is 52.2 Å². The topological polar surface area (TPSA) is 81.7 Å². The predicted molar refractivity (Wildman–Crippen MR) is 65.1 cm³/mol. The van der Waals surface area contributed by atoms with Gasteiger partial charge in [0.25, 0.3) is 0 Å². The van der Waals surface area contributed by atoms with E-state index in [1.54, 1.807) is 27.7 Å². The van der Waals surface area contributed by atoms with Crippen molar-refractivity contribution in [3.8, 4) is 0 Å². The number of hydrogen-bond acceptors (Lipinski definition) is 5. The van der Waals surface area contributed by atoms with Crippen molar-refractivity contribution in [1.29, 1.82) is 0 Å². The highest BCUT2D eigenvalue weighted by Crippen LogP contribution is 2.08. The summed E-state index contributed by atoms with van der Waals surface area (Å²) in [5.74, 6) is -1.01. The number of esters is 1. The van der Waals surface area contributed by atoms with Crippen molar-refractivity contribution in [3.63, 3.8) is 0 Å². The van der Waals surface area contributed by atoms with Crippen LogP contribution < -0.4 is 5.32 Å². The maximum Gasteiger partial charge on any atom is 0.408 e. The second-order valence-corrected chi connectivity index (χ2v) is 4.83. The van der Waals surface area contributed by atoms with Gasteiger partial charge in [-0.15, -0.1) is 0 Å². The molecule has 1 amide bonds. The van der Waals surface area contributed by atoms with E-state index >= 15 is 0 Å². The molecule has 0 bridgehead atoms. The summed E-state index contributed by atoms with van der Waals surface area (Å²) in [6.07, 6.45) is -0.646. The molecule has 1 N–H and O–H groups in total. The molecule has 0 fully saturated rings. The number of alkyl carbamates (subject to hydrolysis) is 1. The second kappa shape index (κ2) is 6.98. The predicted octanol–water partition coefficient (Wildman–Crippen LogP) is 1.42. The summed E-state index contributed by atoms with van der Waals surface area (Å²) in [5, 5.41) is 2.43. The van der Waals surface area contributed by atoms with Crippen molar-refractivity contribution >= 4 is 17.8 Å². The lowest BCUT2D eigenvalue weighted by atomic mass is 10.1. The Morgan fingerprint density at radius 1 is 1.22 bits per heavy atom. The Balaban J connectivity index is 4.38. The number of Topliss-reactive ketones (excluding diaryl/α,β-unsaturated/α-hetero) is 1. The average Bonchev–Trinajstić information content (AvgIpc) is 2.22. The number of hydrogen-bond donors (Lipinski definition) is 1. The molecular formula is C12H21NO5. The van der Waals surface area contributed by atoms with E-state index in [0.29, 0.717) is 6.42 Å². The maximum atomic E-state index is 11.7. The molecular weight excluding hydrogens is 238 g/mol. The molecule has 0 aromatic heterocycles. The first kappa shape index (κ1) is 16.4. The van der Waals surface area contributed by atoms with Crippen molar-refractivity contribution in [2.24, 2.45) is 0 Å². The zero-order valence-corrected chi connectivity index (χ0v) is 11.5. The average molecular weight is 259 g/mol. The SMILES string of the molecule is CC[C@H](NC(=O)OC(C)(C)C)C(=O)CC(=O)OC. The zero-order valence-electron chi connectivity index (χ0n) is 11.5. The Morgan fingerprint density at radius 3 is 2.17 bits per heavy atom. The van der Waals surface area contributed by atoms with Gasteiger partial charge in [-0.25, -0.2) is 4.79 Å². The van der Waals surface area contributed by atoms with E-state index in [9.17, 15) is 14.4 Å². The highest BCUT2D eigenvalue weighted by molar-refractivity contribution is 5.99. The molecule has 0 heterocycles. The van der Waals surface area contributed by atoms with Gasteiger partial charge in [0.15, 0.2) is 5.78 Å². The summed E-state index contributed by atoms with van der Waals surface area (Å²) < 4.78 is 9.43. The third-order valence-electron chi connectivity index (χ3n) is 2.03. The molecule has 0 unspecified atom stereocenters. The van der Waals surface area contributed by atoms with Gasteiger partial charge in [-0.05, 0) is 27.2 Å². The van der Waals surface area contributed by atoms with Crippen LogP contribution in [0.3, 0.4) is 0 Å². The molecule has 0 spiro atoms. The number of rotatable bonds is 5. The van der Waals surface area contributed by atoms with Gasteiger partial charge < -0.3 is 14.8 Å². The maximum absolute atomic E-state index is 11.7. The third kappa shape index (κ3) is 6.88. The van der Waals surface area contributed by atoms with Crippen LogP contribution in [0.25, 0.3) is 0 Å². The Kier molecular flexibility index (Phi) is 6.36. The molecule has 0 aromatic rings. The smallest absolute Gasteiger partial charge is 0.408 e. The Bertz CT molecular complexity index is 319. The Morgan fingerprint density at radius 2 is 1.78 bits per heavy atom. The molecule has 6 heteroatoms. The number of nitrogens with one attached hydrogen (secondary N) is 1. The molecule has 18 heavy (non-hydrogen) atoms. The van der Waals surface area contributed by atoms with Gasteiger partial charge in [-0.1, -0.05) is 6.92 Å². The molecule has 0 rings (SSSR count). The van der Waals surface area contributed by atoms with Gasteiger partial charge >= 0.3 is 12.1 Å². The Hall–Kier alpha value is -1.59. The van der Waals surface area contributed by atoms with E-state index in [0.717, 1.165) is 0 Å². The van der Waals surface area contributed by atoms with Crippen LogP contribution in [0.15, 0.2) is 0 Å². The zero-order chi connectivity index (χ0) is 14.3. The van der Waals surface area contributed by atoms with Crippen LogP contribution in [-0.2, 0) is 19.1 Å². The number of ether oxygens (including phenoxy) is 2. The lowest BCUT2D eigenvalue weighted by molar-refractivity contribution is -0.143. The molecule has 0 saturated carbocycles. The van der Waals surface area contributed by atoms with E-state index in [4.69, 9.17) is 4.74 Å². The molecule has 0 aromatic carbocycles. The van der Waals surface area contributed by atoms with Gasteiger partial charge in [0.1, 0.15) is 12.0 Å². The summed E-state index contributed by atoms with van der Waals surface area (Å²) in [6.45, 7) is 6.91.